The van der Waals surface area contributed by atoms with Gasteiger partial charge in [0, 0.05) is 18.7 Å². The molecule has 2 N–H and O–H groups in total. The maximum absolute atomic E-state index is 13.0. The number of carbonyl (C=O) groups excluding carboxylic acids is 1. The van der Waals surface area contributed by atoms with Gasteiger partial charge in [-0.3, -0.25) is 4.79 Å². The SMILES string of the molecule is CC(O)CN(CC(C)O)C(=O)c1cccc(F)c1. The summed E-state index contributed by atoms with van der Waals surface area (Å²) in [6.45, 7) is 3.29. The van der Waals surface area contributed by atoms with Crippen molar-refractivity contribution >= 4 is 5.91 Å². The lowest BCUT2D eigenvalue weighted by Crippen LogP contribution is -2.40. The number of hydrogen-bond acceptors (Lipinski definition) is 3. The Morgan fingerprint density at radius 3 is 2.28 bits per heavy atom. The van der Waals surface area contributed by atoms with Crippen molar-refractivity contribution in [1.29, 1.82) is 0 Å². The molecule has 1 aromatic carbocycles. The number of carbonyl (C=O) groups is 1. The molecule has 1 amide bonds. The molecule has 0 aliphatic carbocycles. The number of nitrogens with zero attached hydrogens (tertiary/aromatic N) is 1. The lowest BCUT2D eigenvalue weighted by atomic mass is 10.1. The average Bonchev–Trinajstić information content (AvgIpc) is 2.26. The molecule has 0 heterocycles. The lowest BCUT2D eigenvalue weighted by Gasteiger charge is -2.25. The number of amides is 1. The van der Waals surface area contributed by atoms with Gasteiger partial charge >= 0.3 is 0 Å². The quantitative estimate of drug-likeness (QED) is 0.826. The van der Waals surface area contributed by atoms with Gasteiger partial charge in [-0.25, -0.2) is 4.39 Å². The predicted octanol–water partition coefficient (Wildman–Crippen LogP) is 1.03. The van der Waals surface area contributed by atoms with Crippen LogP contribution >= 0.6 is 0 Å². The van der Waals surface area contributed by atoms with E-state index in [1.807, 2.05) is 0 Å². The van der Waals surface area contributed by atoms with Crippen LogP contribution in [0, 0.1) is 5.82 Å². The Labute approximate surface area is 106 Å². The standard InChI is InChI=1S/C13H18FNO3/c1-9(16)7-15(8-10(2)17)13(18)11-4-3-5-12(14)6-11/h3-6,9-10,16-17H,7-8H2,1-2H3. The minimum atomic E-state index is -0.707. The molecule has 0 radical (unpaired) electrons. The van der Waals surface area contributed by atoms with Gasteiger partial charge in [-0.2, -0.15) is 0 Å². The second kappa shape index (κ2) is 6.47. The Morgan fingerprint density at radius 1 is 1.28 bits per heavy atom. The van der Waals surface area contributed by atoms with E-state index in [1.54, 1.807) is 13.8 Å². The van der Waals surface area contributed by atoms with Gasteiger partial charge in [-0.1, -0.05) is 6.07 Å². The van der Waals surface area contributed by atoms with E-state index >= 15 is 0 Å². The van der Waals surface area contributed by atoms with Crippen molar-refractivity contribution in [3.05, 3.63) is 35.6 Å². The van der Waals surface area contributed by atoms with Crippen molar-refractivity contribution in [2.45, 2.75) is 26.1 Å². The first-order chi connectivity index (χ1) is 8.40. The van der Waals surface area contributed by atoms with E-state index in [2.05, 4.69) is 0 Å². The van der Waals surface area contributed by atoms with Crippen molar-refractivity contribution in [3.8, 4) is 0 Å². The Hall–Kier alpha value is -1.46. The van der Waals surface area contributed by atoms with E-state index < -0.39 is 23.9 Å². The van der Waals surface area contributed by atoms with Crippen molar-refractivity contribution in [3.63, 3.8) is 0 Å². The van der Waals surface area contributed by atoms with Crippen LogP contribution in [0.25, 0.3) is 0 Å². The van der Waals surface area contributed by atoms with E-state index in [4.69, 9.17) is 0 Å². The molecule has 4 nitrogen and oxygen atoms in total. The van der Waals surface area contributed by atoms with E-state index in [0.29, 0.717) is 0 Å². The molecule has 0 aliphatic heterocycles. The Bertz CT molecular complexity index is 397. The highest BCUT2D eigenvalue weighted by Crippen LogP contribution is 2.09. The molecule has 1 aromatic rings. The molecule has 2 unspecified atom stereocenters. The number of benzene rings is 1. The molecule has 0 spiro atoms. The Kier molecular flexibility index (Phi) is 5.25. The average molecular weight is 255 g/mol. The highest BCUT2D eigenvalue weighted by Gasteiger charge is 2.19. The van der Waals surface area contributed by atoms with Gasteiger partial charge in [0.2, 0.25) is 0 Å². The van der Waals surface area contributed by atoms with Gasteiger partial charge in [-0.05, 0) is 32.0 Å². The molecule has 18 heavy (non-hydrogen) atoms. The maximum atomic E-state index is 13.0. The first-order valence-corrected chi connectivity index (χ1v) is 5.81. The van der Waals surface area contributed by atoms with E-state index in [-0.39, 0.29) is 18.7 Å². The Morgan fingerprint density at radius 2 is 1.83 bits per heavy atom. The number of halogens is 1. The molecule has 0 saturated heterocycles. The fourth-order valence-electron chi connectivity index (χ4n) is 1.68. The summed E-state index contributed by atoms with van der Waals surface area (Å²) in [6.07, 6.45) is -1.41. The minimum absolute atomic E-state index is 0.0975. The molecule has 0 bridgehead atoms. The summed E-state index contributed by atoms with van der Waals surface area (Å²) in [7, 11) is 0. The van der Waals surface area contributed by atoms with Crippen LogP contribution in [-0.4, -0.2) is 46.3 Å². The normalized spacial score (nSPS) is 14.1. The van der Waals surface area contributed by atoms with Gasteiger partial charge in [0.1, 0.15) is 5.82 Å². The van der Waals surface area contributed by atoms with Crippen LogP contribution < -0.4 is 0 Å². The third-order valence-electron chi connectivity index (χ3n) is 2.33. The summed E-state index contributed by atoms with van der Waals surface area (Å²) < 4.78 is 13.0. The van der Waals surface area contributed by atoms with Gasteiger partial charge in [0.15, 0.2) is 0 Å². The first kappa shape index (κ1) is 14.6. The fraction of sp³-hybridized carbons (Fsp3) is 0.462. The second-order valence-corrected chi connectivity index (χ2v) is 4.42. The molecule has 100 valence electrons. The number of hydrogen-bond donors (Lipinski definition) is 2. The van der Waals surface area contributed by atoms with Gasteiger partial charge in [0.25, 0.3) is 5.91 Å². The Balaban J connectivity index is 2.87. The number of aliphatic hydroxyl groups excluding tert-OH is 2. The first-order valence-electron chi connectivity index (χ1n) is 5.81. The van der Waals surface area contributed by atoms with Crippen LogP contribution in [-0.2, 0) is 0 Å². The molecule has 0 aromatic heterocycles. The van der Waals surface area contributed by atoms with Crippen LogP contribution in [0.4, 0.5) is 4.39 Å². The van der Waals surface area contributed by atoms with E-state index in [1.165, 1.54) is 23.1 Å². The molecule has 0 fully saturated rings. The van der Waals surface area contributed by atoms with Crippen molar-refractivity contribution in [2.75, 3.05) is 13.1 Å². The second-order valence-electron chi connectivity index (χ2n) is 4.42. The number of aliphatic hydroxyl groups is 2. The summed E-state index contributed by atoms with van der Waals surface area (Å²) in [4.78, 5) is 13.4. The predicted molar refractivity (Wildman–Crippen MR) is 65.7 cm³/mol. The van der Waals surface area contributed by atoms with Crippen LogP contribution in [0.5, 0.6) is 0 Å². The number of rotatable bonds is 5. The summed E-state index contributed by atoms with van der Waals surface area (Å²) >= 11 is 0. The van der Waals surface area contributed by atoms with Crippen LogP contribution in [0.1, 0.15) is 24.2 Å². The summed E-state index contributed by atoms with van der Waals surface area (Å²) in [5, 5.41) is 18.7. The smallest absolute Gasteiger partial charge is 0.254 e. The third kappa shape index (κ3) is 4.43. The highest BCUT2D eigenvalue weighted by molar-refractivity contribution is 5.94. The summed E-state index contributed by atoms with van der Waals surface area (Å²) in [5.74, 6) is -0.897. The van der Waals surface area contributed by atoms with Gasteiger partial charge < -0.3 is 15.1 Å². The van der Waals surface area contributed by atoms with Crippen molar-refractivity contribution in [2.24, 2.45) is 0 Å². The molecular formula is C13H18FNO3. The van der Waals surface area contributed by atoms with Crippen LogP contribution in [0.3, 0.4) is 0 Å². The molecule has 0 aliphatic rings. The van der Waals surface area contributed by atoms with Crippen LogP contribution in [0.15, 0.2) is 24.3 Å². The zero-order valence-corrected chi connectivity index (χ0v) is 10.5. The van der Waals surface area contributed by atoms with E-state index in [0.717, 1.165) is 6.07 Å². The van der Waals surface area contributed by atoms with Crippen LogP contribution in [0.2, 0.25) is 0 Å². The lowest BCUT2D eigenvalue weighted by molar-refractivity contribution is 0.0517. The largest absolute Gasteiger partial charge is 0.392 e. The topological polar surface area (TPSA) is 60.8 Å². The highest BCUT2D eigenvalue weighted by atomic mass is 19.1. The molecular weight excluding hydrogens is 237 g/mol. The molecule has 1 rings (SSSR count). The zero-order chi connectivity index (χ0) is 13.7. The van der Waals surface area contributed by atoms with Crippen molar-refractivity contribution < 1.29 is 19.4 Å². The molecule has 5 heteroatoms. The van der Waals surface area contributed by atoms with Gasteiger partial charge in [-0.15, -0.1) is 0 Å². The van der Waals surface area contributed by atoms with E-state index in [9.17, 15) is 19.4 Å². The minimum Gasteiger partial charge on any atom is -0.392 e. The fourth-order valence-corrected chi connectivity index (χ4v) is 1.68. The maximum Gasteiger partial charge on any atom is 0.254 e. The molecule has 2 atom stereocenters. The summed E-state index contributed by atoms with van der Waals surface area (Å²) in [5.41, 5.74) is 0.205. The monoisotopic (exact) mass is 255 g/mol. The zero-order valence-electron chi connectivity index (χ0n) is 10.5. The summed E-state index contributed by atoms with van der Waals surface area (Å²) in [6, 6.07) is 5.35. The molecule has 0 saturated carbocycles. The third-order valence-corrected chi connectivity index (χ3v) is 2.33. The van der Waals surface area contributed by atoms with Gasteiger partial charge in [0.05, 0.1) is 12.2 Å². The van der Waals surface area contributed by atoms with Crippen molar-refractivity contribution in [1.82, 2.24) is 4.90 Å².